The highest BCUT2D eigenvalue weighted by Gasteiger charge is 2.49. The summed E-state index contributed by atoms with van der Waals surface area (Å²) in [5, 5.41) is 3.01. The number of carbonyl (C=O) groups excluding carboxylic acids is 2. The Hall–Kier alpha value is -1.25. The van der Waals surface area contributed by atoms with Crippen LogP contribution in [0.25, 0.3) is 0 Å². The number of nitrogens with one attached hydrogen (secondary N) is 1. The molecule has 1 aliphatic heterocycles. The van der Waals surface area contributed by atoms with Crippen LogP contribution in [0.1, 0.15) is 79.6 Å². The van der Waals surface area contributed by atoms with Crippen molar-refractivity contribution < 1.29 is 14.3 Å². The van der Waals surface area contributed by atoms with E-state index in [0.717, 1.165) is 38.5 Å². The molecule has 0 unspecified atom stereocenters. The molecule has 1 amide bonds. The van der Waals surface area contributed by atoms with Crippen LogP contribution in [0.3, 0.4) is 0 Å². The van der Waals surface area contributed by atoms with E-state index >= 15 is 0 Å². The zero-order valence-corrected chi connectivity index (χ0v) is 21.4. The molecule has 1 saturated heterocycles. The highest BCUT2D eigenvalue weighted by Crippen LogP contribution is 2.40. The minimum absolute atomic E-state index is 0.143. The predicted molar refractivity (Wildman–Crippen MR) is 132 cm³/mol. The molecule has 2 rings (SSSR count). The summed E-state index contributed by atoms with van der Waals surface area (Å²) in [4.78, 5) is 28.9. The second kappa shape index (κ2) is 11.3. The topological polar surface area (TPSA) is 111 Å². The predicted octanol–water partition coefficient (Wildman–Crippen LogP) is 3.38. The first-order chi connectivity index (χ1) is 15.0. The Labute approximate surface area is 199 Å². The van der Waals surface area contributed by atoms with Crippen LogP contribution < -0.4 is 16.8 Å². The van der Waals surface area contributed by atoms with Crippen molar-refractivity contribution in [3.05, 3.63) is 0 Å². The first kappa shape index (κ1) is 27.0. The lowest BCUT2D eigenvalue weighted by Crippen LogP contribution is -2.59. The first-order valence-corrected chi connectivity index (χ1v) is 12.6. The number of alkyl carbamates (subject to hydrolysis) is 1. The maximum Gasteiger partial charge on any atom is 0.407 e. The summed E-state index contributed by atoms with van der Waals surface area (Å²) >= 11 is 5.97. The Morgan fingerprint density at radius 1 is 1.25 bits per heavy atom. The fraction of sp³-hybridized carbons (Fsp3) is 0.875. The van der Waals surface area contributed by atoms with Crippen LogP contribution in [0.4, 0.5) is 4.79 Å². The smallest absolute Gasteiger partial charge is 0.407 e. The number of rotatable bonds is 9. The molecular weight excluding hydrogens is 424 g/mol. The molecule has 5 N–H and O–H groups in total. The molecule has 2 aliphatic rings. The number of ether oxygens (including phenoxy) is 1. The van der Waals surface area contributed by atoms with Gasteiger partial charge in [-0.25, -0.2) is 4.79 Å². The number of nitrogens with two attached hydrogens (primary N) is 2. The quantitative estimate of drug-likeness (QED) is 0.445. The Balaban J connectivity index is 2.33. The minimum Gasteiger partial charge on any atom is -0.450 e. The van der Waals surface area contributed by atoms with Gasteiger partial charge in [-0.2, -0.15) is 0 Å². The van der Waals surface area contributed by atoms with Gasteiger partial charge in [-0.05, 0) is 37.0 Å². The molecule has 0 aromatic rings. The van der Waals surface area contributed by atoms with Gasteiger partial charge in [0.25, 0.3) is 0 Å². The number of Topliss-reactive ketones (excluding diaryl/α,β-unsaturated/α-hetero) is 1. The van der Waals surface area contributed by atoms with Crippen molar-refractivity contribution in [2.75, 3.05) is 19.7 Å². The number of amides is 1. The van der Waals surface area contributed by atoms with Crippen LogP contribution in [0.5, 0.6) is 0 Å². The lowest BCUT2D eigenvalue weighted by Gasteiger charge is -2.43. The van der Waals surface area contributed by atoms with Crippen LogP contribution >= 0.6 is 12.2 Å². The van der Waals surface area contributed by atoms with Gasteiger partial charge < -0.3 is 26.4 Å². The van der Waals surface area contributed by atoms with Gasteiger partial charge >= 0.3 is 6.09 Å². The monoisotopic (exact) mass is 468 g/mol. The average molecular weight is 469 g/mol. The van der Waals surface area contributed by atoms with Crippen molar-refractivity contribution in [2.45, 2.75) is 97.7 Å². The molecule has 0 spiro atoms. The van der Waals surface area contributed by atoms with Crippen LogP contribution in [-0.2, 0) is 9.53 Å². The maximum absolute atomic E-state index is 13.8. The van der Waals surface area contributed by atoms with Crippen LogP contribution in [0.15, 0.2) is 0 Å². The number of carbonyl (C=O) groups is 2. The molecule has 2 fully saturated rings. The second-order valence-electron chi connectivity index (χ2n) is 10.6. The highest BCUT2D eigenvalue weighted by molar-refractivity contribution is 7.80. The number of hydrogen-bond donors (Lipinski definition) is 3. The van der Waals surface area contributed by atoms with E-state index in [9.17, 15) is 9.59 Å². The van der Waals surface area contributed by atoms with Crippen molar-refractivity contribution in [1.29, 1.82) is 0 Å². The van der Waals surface area contributed by atoms with Crippen molar-refractivity contribution in [1.82, 2.24) is 10.2 Å². The van der Waals surface area contributed by atoms with E-state index in [4.69, 9.17) is 28.4 Å². The maximum atomic E-state index is 13.8. The summed E-state index contributed by atoms with van der Waals surface area (Å²) in [7, 11) is 0. The summed E-state index contributed by atoms with van der Waals surface area (Å²) in [5.41, 5.74) is 11.7. The van der Waals surface area contributed by atoms with Crippen LogP contribution in [0, 0.1) is 16.7 Å². The fourth-order valence-electron chi connectivity index (χ4n) is 4.91. The third kappa shape index (κ3) is 5.81. The zero-order chi connectivity index (χ0) is 24.1. The number of ketones is 1. The molecule has 1 saturated carbocycles. The molecule has 32 heavy (non-hydrogen) atoms. The average Bonchev–Trinajstić information content (AvgIpc) is 3.16. The summed E-state index contributed by atoms with van der Waals surface area (Å²) in [6.07, 6.45) is 5.69. The normalized spacial score (nSPS) is 24.3. The summed E-state index contributed by atoms with van der Waals surface area (Å²) in [5.74, 6) is 0.403. The van der Waals surface area contributed by atoms with Gasteiger partial charge in [-0.15, -0.1) is 0 Å². The number of likely N-dealkylation sites (tertiary alicyclic amines) is 1. The number of thiocarbonyl (C=S) groups is 1. The van der Waals surface area contributed by atoms with E-state index in [1.165, 1.54) is 0 Å². The van der Waals surface area contributed by atoms with Gasteiger partial charge in [-0.3, -0.25) is 4.79 Å². The minimum atomic E-state index is -0.489. The third-order valence-electron chi connectivity index (χ3n) is 7.82. The molecule has 1 aliphatic carbocycles. The summed E-state index contributed by atoms with van der Waals surface area (Å²) in [6.45, 7) is 11.6. The summed E-state index contributed by atoms with van der Waals surface area (Å²) < 4.78 is 5.30. The number of nitrogens with zero attached hydrogens (tertiary/aromatic N) is 1. The van der Waals surface area contributed by atoms with Crippen molar-refractivity contribution in [3.63, 3.8) is 0 Å². The van der Waals surface area contributed by atoms with E-state index in [-0.39, 0.29) is 23.2 Å². The SMILES string of the molecule is CCCOC(=O)N[C@H](C(=S)N1C[C@@H](N)C[C@@H]1C(=O)C1(CN)CCCCC1)C(C)(C)C(C)C. The standard InChI is InChI=1S/C24H44N4O3S/c1-6-12-31-22(30)27-19(23(4,5)16(2)3)21(32)28-14-17(26)13-18(28)20(29)24(15-25)10-8-7-9-11-24/h16-19H,6-15,25-26H2,1-5H3,(H,27,30)/t17-,18+,19+/m0/s1. The fourth-order valence-corrected chi connectivity index (χ4v) is 5.48. The van der Waals surface area contributed by atoms with Gasteiger partial charge in [-0.1, -0.05) is 66.1 Å². The van der Waals surface area contributed by atoms with Crippen molar-refractivity contribution >= 4 is 29.1 Å². The van der Waals surface area contributed by atoms with E-state index in [2.05, 4.69) is 33.0 Å². The lowest BCUT2D eigenvalue weighted by molar-refractivity contribution is -0.133. The molecular formula is C24H44N4O3S. The molecule has 1 heterocycles. The van der Waals surface area contributed by atoms with Gasteiger partial charge in [0.1, 0.15) is 4.99 Å². The molecule has 184 valence electrons. The van der Waals surface area contributed by atoms with E-state index in [1.54, 1.807) is 0 Å². The Morgan fingerprint density at radius 2 is 1.88 bits per heavy atom. The largest absolute Gasteiger partial charge is 0.450 e. The van der Waals surface area contributed by atoms with Gasteiger partial charge in [0.2, 0.25) is 0 Å². The van der Waals surface area contributed by atoms with E-state index < -0.39 is 23.6 Å². The Kier molecular flexibility index (Phi) is 9.49. The Bertz CT molecular complexity index is 676. The molecule has 7 nitrogen and oxygen atoms in total. The van der Waals surface area contributed by atoms with Crippen LogP contribution in [0.2, 0.25) is 0 Å². The molecule has 8 heteroatoms. The lowest BCUT2D eigenvalue weighted by atomic mass is 9.69. The van der Waals surface area contributed by atoms with Gasteiger partial charge in [0, 0.05) is 24.5 Å². The number of hydrogen-bond acceptors (Lipinski definition) is 6. The van der Waals surface area contributed by atoms with Crippen molar-refractivity contribution in [2.24, 2.45) is 28.2 Å². The van der Waals surface area contributed by atoms with Crippen molar-refractivity contribution in [3.8, 4) is 0 Å². The summed E-state index contributed by atoms with van der Waals surface area (Å²) in [6, 6.07) is -0.990. The molecule has 3 atom stereocenters. The van der Waals surface area contributed by atoms with Gasteiger partial charge in [0.15, 0.2) is 5.78 Å². The zero-order valence-electron chi connectivity index (χ0n) is 20.6. The molecule has 0 aromatic heterocycles. The first-order valence-electron chi connectivity index (χ1n) is 12.2. The van der Waals surface area contributed by atoms with Gasteiger partial charge in [0.05, 0.1) is 18.7 Å². The van der Waals surface area contributed by atoms with E-state index in [1.807, 2.05) is 11.8 Å². The second-order valence-corrected chi connectivity index (χ2v) is 11.0. The highest BCUT2D eigenvalue weighted by atomic mass is 32.1. The van der Waals surface area contributed by atoms with Crippen LogP contribution in [-0.4, -0.2) is 59.6 Å². The molecule has 0 aromatic carbocycles. The third-order valence-corrected chi connectivity index (χ3v) is 8.29. The Morgan fingerprint density at radius 3 is 2.41 bits per heavy atom. The molecule has 0 radical (unpaired) electrons. The van der Waals surface area contributed by atoms with E-state index in [0.29, 0.717) is 31.1 Å². The molecule has 0 bridgehead atoms.